The summed E-state index contributed by atoms with van der Waals surface area (Å²) in [6.07, 6.45) is 0. The van der Waals surface area contributed by atoms with Crippen LogP contribution < -0.4 is 0 Å². The molecule has 0 aliphatic rings. The van der Waals surface area contributed by atoms with Gasteiger partial charge in [0.15, 0.2) is 0 Å². The Morgan fingerprint density at radius 3 is 2.65 bits per heavy atom. The van der Waals surface area contributed by atoms with Gasteiger partial charge < -0.3 is 9.67 Å². The van der Waals surface area contributed by atoms with E-state index in [0.717, 1.165) is 21.9 Å². The average Bonchev–Trinajstić information content (AvgIpc) is 2.72. The highest BCUT2D eigenvalue weighted by molar-refractivity contribution is 6.10. The van der Waals surface area contributed by atoms with Crippen LogP contribution in [0.3, 0.4) is 0 Å². The minimum atomic E-state index is -0.975. The lowest BCUT2D eigenvalue weighted by molar-refractivity contribution is 0.0697. The molecule has 0 saturated carbocycles. The smallest absolute Gasteiger partial charge is 0.335 e. The Kier molecular flexibility index (Phi) is 2.74. The average molecular weight is 271 g/mol. The lowest BCUT2D eigenvalue weighted by Gasteiger charge is -2.04. The highest BCUT2D eigenvalue weighted by atomic mass is 19.1. The molecule has 0 unspecified atom stereocenters. The molecule has 20 heavy (non-hydrogen) atoms. The molecule has 0 amide bonds. The van der Waals surface area contributed by atoms with E-state index in [9.17, 15) is 9.18 Å². The number of hydrogen-bond donors (Lipinski definition) is 1. The van der Waals surface area contributed by atoms with Gasteiger partial charge in [0.05, 0.1) is 11.1 Å². The van der Waals surface area contributed by atoms with Crippen molar-refractivity contribution in [2.75, 3.05) is 0 Å². The molecule has 3 aromatic rings. The van der Waals surface area contributed by atoms with Crippen molar-refractivity contribution >= 4 is 27.8 Å². The predicted molar refractivity (Wildman–Crippen MR) is 76.8 cm³/mol. The molecule has 3 rings (SSSR count). The molecule has 1 N–H and O–H groups in total. The third-order valence-electron chi connectivity index (χ3n) is 3.62. The SMILES string of the molecule is CCn1c2ccc(C(=O)O)cc2c2cc(C)cc(F)c21. The topological polar surface area (TPSA) is 42.2 Å². The number of carboxylic acid groups (broad SMARTS) is 1. The molecule has 3 nitrogen and oxygen atoms in total. The first-order valence-corrected chi connectivity index (χ1v) is 6.48. The van der Waals surface area contributed by atoms with Crippen molar-refractivity contribution in [2.24, 2.45) is 0 Å². The second-order valence-electron chi connectivity index (χ2n) is 4.92. The van der Waals surface area contributed by atoms with Gasteiger partial charge in [-0.1, -0.05) is 0 Å². The molecule has 2 aromatic carbocycles. The van der Waals surface area contributed by atoms with Gasteiger partial charge in [0.25, 0.3) is 0 Å². The lowest BCUT2D eigenvalue weighted by atomic mass is 10.1. The van der Waals surface area contributed by atoms with Crippen LogP contribution in [0.4, 0.5) is 4.39 Å². The first kappa shape index (κ1) is 12.7. The number of rotatable bonds is 2. The summed E-state index contributed by atoms with van der Waals surface area (Å²) in [4.78, 5) is 11.1. The number of hydrogen-bond acceptors (Lipinski definition) is 1. The number of halogens is 1. The Labute approximate surface area is 115 Å². The zero-order chi connectivity index (χ0) is 14.4. The van der Waals surface area contributed by atoms with E-state index < -0.39 is 5.97 Å². The summed E-state index contributed by atoms with van der Waals surface area (Å²) in [7, 11) is 0. The molecule has 0 aliphatic heterocycles. The second kappa shape index (κ2) is 4.34. The van der Waals surface area contributed by atoms with Crippen LogP contribution in [0.1, 0.15) is 22.8 Å². The fraction of sp³-hybridized carbons (Fsp3) is 0.188. The highest BCUT2D eigenvalue weighted by Crippen LogP contribution is 2.32. The summed E-state index contributed by atoms with van der Waals surface area (Å²) in [5.41, 5.74) is 2.44. The van der Waals surface area contributed by atoms with Gasteiger partial charge in [0, 0.05) is 22.8 Å². The normalized spacial score (nSPS) is 11.3. The first-order chi connectivity index (χ1) is 9.52. The van der Waals surface area contributed by atoms with Crippen LogP contribution in [0.25, 0.3) is 21.8 Å². The molecule has 0 spiro atoms. The number of benzene rings is 2. The number of aromatic carboxylic acids is 1. The van der Waals surface area contributed by atoms with Gasteiger partial charge >= 0.3 is 5.97 Å². The van der Waals surface area contributed by atoms with Crippen LogP contribution in [-0.4, -0.2) is 15.6 Å². The molecule has 0 saturated heterocycles. The van der Waals surface area contributed by atoms with Crippen LogP contribution in [-0.2, 0) is 6.54 Å². The monoisotopic (exact) mass is 271 g/mol. The van der Waals surface area contributed by atoms with Crippen molar-refractivity contribution in [1.29, 1.82) is 0 Å². The highest BCUT2D eigenvalue weighted by Gasteiger charge is 2.15. The summed E-state index contributed by atoms with van der Waals surface area (Å²) < 4.78 is 16.1. The number of carbonyl (C=O) groups is 1. The van der Waals surface area contributed by atoms with E-state index >= 15 is 0 Å². The first-order valence-electron chi connectivity index (χ1n) is 6.48. The number of nitrogens with zero attached hydrogens (tertiary/aromatic N) is 1. The Morgan fingerprint density at radius 2 is 2.00 bits per heavy atom. The molecular formula is C16H14FNO2. The maximum atomic E-state index is 14.3. The largest absolute Gasteiger partial charge is 0.478 e. The number of aryl methyl sites for hydroxylation is 2. The molecule has 0 radical (unpaired) electrons. The van der Waals surface area contributed by atoms with Crippen molar-refractivity contribution in [2.45, 2.75) is 20.4 Å². The Morgan fingerprint density at radius 1 is 1.25 bits per heavy atom. The molecule has 1 aromatic heterocycles. The van der Waals surface area contributed by atoms with Crippen LogP contribution >= 0.6 is 0 Å². The number of aromatic nitrogens is 1. The van der Waals surface area contributed by atoms with Gasteiger partial charge in [0.2, 0.25) is 0 Å². The van der Waals surface area contributed by atoms with Crippen molar-refractivity contribution in [1.82, 2.24) is 4.57 Å². The van der Waals surface area contributed by atoms with E-state index in [2.05, 4.69) is 0 Å². The van der Waals surface area contributed by atoms with Crippen molar-refractivity contribution in [3.05, 3.63) is 47.3 Å². The summed E-state index contributed by atoms with van der Waals surface area (Å²) >= 11 is 0. The Hall–Kier alpha value is -2.36. The minimum absolute atomic E-state index is 0.217. The fourth-order valence-electron chi connectivity index (χ4n) is 2.78. The van der Waals surface area contributed by atoms with E-state index in [-0.39, 0.29) is 11.4 Å². The standard InChI is InChI=1S/C16H14FNO2/c1-3-18-14-5-4-10(16(19)20)8-11(14)12-6-9(2)7-13(17)15(12)18/h4-8H,3H2,1-2H3,(H,19,20). The van der Waals surface area contributed by atoms with Crippen molar-refractivity contribution in [3.8, 4) is 0 Å². The van der Waals surface area contributed by atoms with Gasteiger partial charge in [-0.2, -0.15) is 0 Å². The predicted octanol–water partition coefficient (Wildman–Crippen LogP) is 3.96. The maximum Gasteiger partial charge on any atom is 0.335 e. The van der Waals surface area contributed by atoms with Crippen molar-refractivity contribution in [3.63, 3.8) is 0 Å². The van der Waals surface area contributed by atoms with Gasteiger partial charge in [-0.25, -0.2) is 9.18 Å². The third-order valence-corrected chi connectivity index (χ3v) is 3.62. The van der Waals surface area contributed by atoms with E-state index in [1.807, 2.05) is 24.5 Å². The Bertz CT molecular complexity index is 849. The van der Waals surface area contributed by atoms with Crippen LogP contribution in [0.2, 0.25) is 0 Å². The van der Waals surface area contributed by atoms with E-state index in [1.54, 1.807) is 18.2 Å². The summed E-state index contributed by atoms with van der Waals surface area (Å²) in [5.74, 6) is -1.24. The molecule has 0 aliphatic carbocycles. The van der Waals surface area contributed by atoms with Crippen LogP contribution in [0, 0.1) is 12.7 Å². The van der Waals surface area contributed by atoms with E-state index in [0.29, 0.717) is 12.1 Å². The number of carboxylic acids is 1. The van der Waals surface area contributed by atoms with E-state index in [4.69, 9.17) is 5.11 Å². The molecule has 0 fully saturated rings. The molecule has 4 heteroatoms. The summed E-state index contributed by atoms with van der Waals surface area (Å²) in [6.45, 7) is 4.41. The minimum Gasteiger partial charge on any atom is -0.478 e. The van der Waals surface area contributed by atoms with Gasteiger partial charge in [-0.15, -0.1) is 0 Å². The van der Waals surface area contributed by atoms with Crippen molar-refractivity contribution < 1.29 is 14.3 Å². The summed E-state index contributed by atoms with van der Waals surface area (Å²) in [5, 5.41) is 10.7. The fourth-order valence-corrected chi connectivity index (χ4v) is 2.78. The zero-order valence-corrected chi connectivity index (χ0v) is 11.3. The number of fused-ring (bicyclic) bond motifs is 3. The molecular weight excluding hydrogens is 257 g/mol. The van der Waals surface area contributed by atoms with Crippen LogP contribution in [0.5, 0.6) is 0 Å². The molecule has 1 heterocycles. The molecule has 0 bridgehead atoms. The molecule has 102 valence electrons. The van der Waals surface area contributed by atoms with Gasteiger partial charge in [-0.3, -0.25) is 0 Å². The maximum absolute atomic E-state index is 14.3. The second-order valence-corrected chi connectivity index (χ2v) is 4.92. The Balaban J connectivity index is 2.54. The quantitative estimate of drug-likeness (QED) is 0.766. The third kappa shape index (κ3) is 1.68. The lowest BCUT2D eigenvalue weighted by Crippen LogP contribution is -1.97. The molecule has 0 atom stereocenters. The summed E-state index contributed by atoms with van der Waals surface area (Å²) in [6, 6.07) is 8.33. The zero-order valence-electron chi connectivity index (χ0n) is 11.3. The van der Waals surface area contributed by atoms with Gasteiger partial charge in [-0.05, 0) is 49.7 Å². The van der Waals surface area contributed by atoms with Crippen LogP contribution in [0.15, 0.2) is 30.3 Å². The van der Waals surface area contributed by atoms with Gasteiger partial charge in [0.1, 0.15) is 5.82 Å². The van der Waals surface area contributed by atoms with E-state index in [1.165, 1.54) is 6.07 Å².